The molecule has 0 bridgehead atoms. The van der Waals surface area contributed by atoms with Gasteiger partial charge in [-0.2, -0.15) is 0 Å². The molecular weight excluding hydrogens is 268 g/mol. The summed E-state index contributed by atoms with van der Waals surface area (Å²) >= 11 is 0. The zero-order chi connectivity index (χ0) is 15.1. The summed E-state index contributed by atoms with van der Waals surface area (Å²) in [6, 6.07) is 8.81. The fourth-order valence-corrected chi connectivity index (χ4v) is 2.78. The zero-order valence-corrected chi connectivity index (χ0v) is 12.0. The Bertz CT molecular complexity index is 476. The number of aliphatic hydroxyl groups excluding tert-OH is 1. The van der Waals surface area contributed by atoms with Gasteiger partial charge in [-0.1, -0.05) is 24.6 Å². The number of hydrogen-bond acceptors (Lipinski definition) is 3. The van der Waals surface area contributed by atoms with Crippen LogP contribution in [0.4, 0.5) is 0 Å². The molecule has 1 aromatic rings. The second-order valence-corrected chi connectivity index (χ2v) is 5.49. The van der Waals surface area contributed by atoms with Gasteiger partial charge in [0.2, 0.25) is 5.91 Å². The molecule has 0 aromatic heterocycles. The Labute approximate surface area is 124 Å². The number of rotatable bonds is 6. The number of benzene rings is 1. The molecule has 2 rings (SSSR count). The highest BCUT2D eigenvalue weighted by molar-refractivity contribution is 5.96. The predicted molar refractivity (Wildman–Crippen MR) is 79.7 cm³/mol. The minimum Gasteiger partial charge on any atom is -0.396 e. The Hall–Kier alpha value is -1.88. The number of carbonyl (C=O) groups excluding carboxylic acids is 2. The van der Waals surface area contributed by atoms with Crippen LogP contribution in [-0.4, -0.2) is 36.6 Å². The summed E-state index contributed by atoms with van der Waals surface area (Å²) in [4.78, 5) is 23.5. The molecule has 5 nitrogen and oxygen atoms in total. The molecule has 1 aromatic carbocycles. The second kappa shape index (κ2) is 7.78. The van der Waals surface area contributed by atoms with E-state index in [2.05, 4.69) is 10.6 Å². The minimum atomic E-state index is -0.250. The van der Waals surface area contributed by atoms with Crippen molar-refractivity contribution in [1.29, 1.82) is 0 Å². The topological polar surface area (TPSA) is 78.4 Å². The summed E-state index contributed by atoms with van der Waals surface area (Å²) in [5, 5.41) is 14.7. The van der Waals surface area contributed by atoms with Crippen molar-refractivity contribution in [3.8, 4) is 0 Å². The Morgan fingerprint density at radius 1 is 1.10 bits per heavy atom. The van der Waals surface area contributed by atoms with Crippen molar-refractivity contribution < 1.29 is 14.7 Å². The van der Waals surface area contributed by atoms with Crippen LogP contribution in [0.5, 0.6) is 0 Å². The third kappa shape index (κ3) is 4.56. The Morgan fingerprint density at radius 2 is 1.81 bits per heavy atom. The molecule has 0 saturated heterocycles. The van der Waals surface area contributed by atoms with Crippen molar-refractivity contribution in [2.24, 2.45) is 11.8 Å². The second-order valence-electron chi connectivity index (χ2n) is 5.49. The number of hydrogen-bond donors (Lipinski definition) is 3. The van der Waals surface area contributed by atoms with Crippen LogP contribution >= 0.6 is 0 Å². The zero-order valence-electron chi connectivity index (χ0n) is 12.0. The lowest BCUT2D eigenvalue weighted by Crippen LogP contribution is -2.39. The van der Waals surface area contributed by atoms with Gasteiger partial charge in [-0.15, -0.1) is 0 Å². The summed E-state index contributed by atoms with van der Waals surface area (Å²) in [5.41, 5.74) is 0.543. The largest absolute Gasteiger partial charge is 0.396 e. The first kappa shape index (κ1) is 15.5. The standard InChI is InChI=1S/C16H22N2O3/c19-11-14-8-4-7-13(14)9-17-15(20)10-18-16(21)12-5-2-1-3-6-12/h1-3,5-6,13-14,19H,4,7-11H2,(H,17,20)(H,18,21). The van der Waals surface area contributed by atoms with E-state index in [9.17, 15) is 14.7 Å². The molecule has 2 atom stereocenters. The minimum absolute atomic E-state index is 0.0236. The molecule has 2 unspecified atom stereocenters. The van der Waals surface area contributed by atoms with Crippen molar-refractivity contribution >= 4 is 11.8 Å². The SMILES string of the molecule is O=C(CNC(=O)c1ccccc1)NCC1CCCC1CO. The Kier molecular flexibility index (Phi) is 5.75. The van der Waals surface area contributed by atoms with Crippen molar-refractivity contribution in [3.05, 3.63) is 35.9 Å². The highest BCUT2D eigenvalue weighted by Gasteiger charge is 2.26. The van der Waals surface area contributed by atoms with Crippen LogP contribution in [0.3, 0.4) is 0 Å². The molecule has 1 aliphatic rings. The van der Waals surface area contributed by atoms with E-state index in [4.69, 9.17) is 0 Å². The van der Waals surface area contributed by atoms with Crippen LogP contribution in [0, 0.1) is 11.8 Å². The third-order valence-corrected chi connectivity index (χ3v) is 4.06. The molecule has 0 heterocycles. The molecule has 0 radical (unpaired) electrons. The highest BCUT2D eigenvalue weighted by atomic mass is 16.3. The lowest BCUT2D eigenvalue weighted by Gasteiger charge is -2.17. The van der Waals surface area contributed by atoms with Crippen molar-refractivity contribution in [2.45, 2.75) is 19.3 Å². The maximum atomic E-state index is 11.8. The molecule has 1 fully saturated rings. The average Bonchev–Trinajstić information content (AvgIpc) is 2.99. The van der Waals surface area contributed by atoms with Crippen LogP contribution in [0.1, 0.15) is 29.6 Å². The molecular formula is C16H22N2O3. The molecule has 2 amide bonds. The van der Waals surface area contributed by atoms with Crippen LogP contribution < -0.4 is 10.6 Å². The van der Waals surface area contributed by atoms with E-state index in [1.54, 1.807) is 24.3 Å². The summed E-state index contributed by atoms with van der Waals surface area (Å²) < 4.78 is 0. The summed E-state index contributed by atoms with van der Waals surface area (Å²) in [7, 11) is 0. The normalized spacial score (nSPS) is 21.0. The molecule has 1 saturated carbocycles. The van der Waals surface area contributed by atoms with E-state index >= 15 is 0 Å². The maximum Gasteiger partial charge on any atom is 0.251 e. The molecule has 0 spiro atoms. The molecule has 114 valence electrons. The lowest BCUT2D eigenvalue weighted by molar-refractivity contribution is -0.120. The first-order valence-electron chi connectivity index (χ1n) is 7.41. The van der Waals surface area contributed by atoms with Crippen molar-refractivity contribution in [3.63, 3.8) is 0 Å². The van der Waals surface area contributed by atoms with Crippen LogP contribution in [0.15, 0.2) is 30.3 Å². The van der Waals surface area contributed by atoms with Gasteiger partial charge in [0.25, 0.3) is 5.91 Å². The summed E-state index contributed by atoms with van der Waals surface area (Å²) in [6.45, 7) is 0.737. The van der Waals surface area contributed by atoms with Gasteiger partial charge in [0, 0.05) is 18.7 Å². The Morgan fingerprint density at radius 3 is 2.52 bits per heavy atom. The average molecular weight is 290 g/mol. The third-order valence-electron chi connectivity index (χ3n) is 4.06. The van der Waals surface area contributed by atoms with Crippen LogP contribution in [0.25, 0.3) is 0 Å². The van der Waals surface area contributed by atoms with E-state index < -0.39 is 0 Å². The van der Waals surface area contributed by atoms with E-state index in [1.165, 1.54) is 0 Å². The number of amides is 2. The molecule has 0 aliphatic heterocycles. The Balaban J connectivity index is 1.69. The molecule has 3 N–H and O–H groups in total. The molecule has 5 heteroatoms. The number of nitrogens with one attached hydrogen (secondary N) is 2. The number of aliphatic hydroxyl groups is 1. The van der Waals surface area contributed by atoms with Crippen LogP contribution in [0.2, 0.25) is 0 Å². The van der Waals surface area contributed by atoms with Gasteiger partial charge in [0.05, 0.1) is 6.54 Å². The van der Waals surface area contributed by atoms with Gasteiger partial charge in [0.1, 0.15) is 0 Å². The van der Waals surface area contributed by atoms with Gasteiger partial charge in [-0.3, -0.25) is 9.59 Å². The fraction of sp³-hybridized carbons (Fsp3) is 0.500. The van der Waals surface area contributed by atoms with E-state index in [0.717, 1.165) is 19.3 Å². The highest BCUT2D eigenvalue weighted by Crippen LogP contribution is 2.30. The maximum absolute atomic E-state index is 11.8. The molecule has 21 heavy (non-hydrogen) atoms. The predicted octanol–water partition coefficient (Wildman–Crippen LogP) is 0.941. The van der Waals surface area contributed by atoms with Gasteiger partial charge in [-0.25, -0.2) is 0 Å². The summed E-state index contributed by atoms with van der Waals surface area (Å²) in [5.74, 6) is 0.204. The van der Waals surface area contributed by atoms with Gasteiger partial charge in [-0.05, 0) is 36.8 Å². The fourth-order valence-electron chi connectivity index (χ4n) is 2.78. The van der Waals surface area contributed by atoms with E-state index in [0.29, 0.717) is 23.9 Å². The summed E-state index contributed by atoms with van der Waals surface area (Å²) in [6.07, 6.45) is 3.18. The first-order valence-corrected chi connectivity index (χ1v) is 7.41. The lowest BCUT2D eigenvalue weighted by atomic mass is 9.97. The number of carbonyl (C=O) groups is 2. The van der Waals surface area contributed by atoms with Crippen LogP contribution in [-0.2, 0) is 4.79 Å². The van der Waals surface area contributed by atoms with Crippen molar-refractivity contribution in [1.82, 2.24) is 10.6 Å². The van der Waals surface area contributed by atoms with E-state index in [1.807, 2.05) is 6.07 Å². The van der Waals surface area contributed by atoms with Crippen molar-refractivity contribution in [2.75, 3.05) is 19.7 Å². The quantitative estimate of drug-likeness (QED) is 0.729. The monoisotopic (exact) mass is 290 g/mol. The smallest absolute Gasteiger partial charge is 0.251 e. The van der Waals surface area contributed by atoms with Gasteiger partial charge < -0.3 is 15.7 Å². The molecule has 1 aliphatic carbocycles. The van der Waals surface area contributed by atoms with E-state index in [-0.39, 0.29) is 25.0 Å². The first-order chi connectivity index (χ1) is 10.2. The van der Waals surface area contributed by atoms with Gasteiger partial charge >= 0.3 is 0 Å². The van der Waals surface area contributed by atoms with Gasteiger partial charge in [0.15, 0.2) is 0 Å².